The number of rotatable bonds is 8. The van der Waals surface area contributed by atoms with Gasteiger partial charge < -0.3 is 9.47 Å². The summed E-state index contributed by atoms with van der Waals surface area (Å²) in [6.07, 6.45) is 6.36. The quantitative estimate of drug-likeness (QED) is 0.151. The van der Waals surface area contributed by atoms with E-state index in [1.165, 1.54) is 64.3 Å². The summed E-state index contributed by atoms with van der Waals surface area (Å²) < 4.78 is 5.08. The average molecular weight is 735 g/mol. The molecule has 0 atom stereocenters. The summed E-state index contributed by atoms with van der Waals surface area (Å²) >= 11 is 1.90. The Kier molecular flexibility index (Phi) is 8.43. The summed E-state index contributed by atoms with van der Waals surface area (Å²) in [6.45, 7) is 6.30. The van der Waals surface area contributed by atoms with Crippen LogP contribution in [0.5, 0.6) is 0 Å². The molecule has 0 aliphatic carbocycles. The molecule has 10 aromatic rings. The lowest BCUT2D eigenvalue weighted by Crippen LogP contribution is -2.09. The molecule has 3 heteroatoms. The number of para-hydroxylation sites is 3. The number of allylic oxidation sites excluding steroid dienone is 1. The smallest absolute Gasteiger partial charge is 0.0633 e. The Morgan fingerprint density at radius 1 is 0.536 bits per heavy atom. The van der Waals surface area contributed by atoms with Gasteiger partial charge in [0, 0.05) is 64.8 Å². The van der Waals surface area contributed by atoms with Crippen LogP contribution in [0.15, 0.2) is 195 Å². The third-order valence-electron chi connectivity index (χ3n) is 10.8. The van der Waals surface area contributed by atoms with E-state index in [0.717, 1.165) is 33.8 Å². The van der Waals surface area contributed by atoms with E-state index in [9.17, 15) is 0 Å². The number of fused-ring (bicyclic) bond motifs is 6. The van der Waals surface area contributed by atoms with Crippen molar-refractivity contribution < 1.29 is 0 Å². The Morgan fingerprint density at radius 3 is 1.68 bits per heavy atom. The minimum absolute atomic E-state index is 1.10. The molecule has 0 fully saturated rings. The maximum atomic E-state index is 4.20. The van der Waals surface area contributed by atoms with E-state index in [2.05, 4.69) is 217 Å². The highest BCUT2D eigenvalue weighted by Crippen LogP contribution is 2.54. The molecule has 0 radical (unpaired) electrons. The molecule has 0 saturated carbocycles. The fourth-order valence-corrected chi connectivity index (χ4v) is 9.90. The predicted octanol–water partition coefficient (Wildman–Crippen LogP) is 15.6. The van der Waals surface area contributed by atoms with Gasteiger partial charge in [-0.05, 0) is 77.7 Å². The van der Waals surface area contributed by atoms with Gasteiger partial charge in [-0.25, -0.2) is 0 Å². The molecule has 0 unspecified atom stereocenters. The number of aromatic nitrogens is 1. The third-order valence-corrected chi connectivity index (χ3v) is 12.1. The van der Waals surface area contributed by atoms with Crippen LogP contribution in [0.1, 0.15) is 18.1 Å². The predicted molar refractivity (Wildman–Crippen MR) is 244 cm³/mol. The number of hydrogen-bond acceptors (Lipinski definition) is 2. The molecule has 10 rings (SSSR count). The SMILES string of the molecule is C=Cc1ccc2c(sc3c(-c4ccccc4)c4c5ccc(N(c6ccccc6)c6ccccc6)cc5n(-c5ccccc5)c4c(-c4ccccc4)c32)c1/C=C\C. The standard InChI is InChI=1S/C53H38N2S/c1-3-20-43-36(4-2)31-33-45-50-47(37-21-10-5-11-22-37)51-49(48(53(50)56-52(43)45)38-23-12-6-13-24-38)44-34-32-42(35-46(44)55(51)41-29-18-9-19-30-41)54(39-25-14-7-15-26-39)40-27-16-8-17-28-40/h3-35H,2H2,1H3/b20-3-. The van der Waals surface area contributed by atoms with Crippen molar-refractivity contribution in [3.05, 3.63) is 206 Å². The van der Waals surface area contributed by atoms with E-state index in [1.54, 1.807) is 0 Å². The molecule has 0 amide bonds. The first-order chi connectivity index (χ1) is 27.7. The molecule has 0 aliphatic heterocycles. The molecule has 266 valence electrons. The van der Waals surface area contributed by atoms with Gasteiger partial charge in [0.1, 0.15) is 0 Å². The number of thiophene rings is 1. The van der Waals surface area contributed by atoms with E-state index < -0.39 is 0 Å². The second-order valence-corrected chi connectivity index (χ2v) is 15.1. The summed E-state index contributed by atoms with van der Waals surface area (Å²) in [4.78, 5) is 2.36. The Labute approximate surface area is 331 Å². The molecular weight excluding hydrogens is 697 g/mol. The molecule has 8 aromatic carbocycles. The Hall–Kier alpha value is -6.94. The molecule has 0 aliphatic rings. The zero-order chi connectivity index (χ0) is 37.6. The lowest BCUT2D eigenvalue weighted by atomic mass is 9.90. The van der Waals surface area contributed by atoms with Gasteiger partial charge in [-0.3, -0.25) is 0 Å². The number of nitrogens with zero attached hydrogens (tertiary/aromatic N) is 2. The van der Waals surface area contributed by atoms with Crippen LogP contribution in [0, 0.1) is 0 Å². The van der Waals surface area contributed by atoms with Crippen molar-refractivity contribution in [1.29, 1.82) is 0 Å². The highest BCUT2D eigenvalue weighted by molar-refractivity contribution is 7.27. The van der Waals surface area contributed by atoms with Crippen molar-refractivity contribution in [3.8, 4) is 27.9 Å². The molecule has 56 heavy (non-hydrogen) atoms. The fraction of sp³-hybridized carbons (Fsp3) is 0.0189. The van der Waals surface area contributed by atoms with E-state index in [4.69, 9.17) is 0 Å². The summed E-state index contributed by atoms with van der Waals surface area (Å²) in [7, 11) is 0. The molecular formula is C53H38N2S. The molecule has 0 saturated heterocycles. The second-order valence-electron chi connectivity index (χ2n) is 14.0. The molecule has 2 aromatic heterocycles. The van der Waals surface area contributed by atoms with E-state index in [0.29, 0.717) is 0 Å². The van der Waals surface area contributed by atoms with E-state index in [1.807, 2.05) is 17.4 Å². The van der Waals surface area contributed by atoms with Gasteiger partial charge >= 0.3 is 0 Å². The minimum atomic E-state index is 1.10. The van der Waals surface area contributed by atoms with Crippen LogP contribution in [0.3, 0.4) is 0 Å². The monoisotopic (exact) mass is 734 g/mol. The minimum Gasteiger partial charge on any atom is -0.310 e. The maximum absolute atomic E-state index is 4.20. The van der Waals surface area contributed by atoms with Crippen molar-refractivity contribution in [2.24, 2.45) is 0 Å². The van der Waals surface area contributed by atoms with Gasteiger partial charge in [0.25, 0.3) is 0 Å². The highest BCUT2D eigenvalue weighted by Gasteiger charge is 2.28. The van der Waals surface area contributed by atoms with Crippen molar-refractivity contribution in [1.82, 2.24) is 4.57 Å². The first-order valence-electron chi connectivity index (χ1n) is 19.1. The van der Waals surface area contributed by atoms with Crippen LogP contribution >= 0.6 is 11.3 Å². The summed E-state index contributed by atoms with van der Waals surface area (Å²) in [5.74, 6) is 0. The van der Waals surface area contributed by atoms with Crippen LogP contribution in [0.2, 0.25) is 0 Å². The number of anilines is 3. The van der Waals surface area contributed by atoms with Crippen molar-refractivity contribution in [2.45, 2.75) is 6.92 Å². The summed E-state index contributed by atoms with van der Waals surface area (Å²) in [6, 6.07) is 65.8. The fourth-order valence-electron chi connectivity index (χ4n) is 8.49. The second kappa shape index (κ2) is 14.0. The zero-order valence-corrected chi connectivity index (χ0v) is 31.9. The number of benzene rings is 8. The first-order valence-corrected chi connectivity index (χ1v) is 19.9. The lowest BCUT2D eigenvalue weighted by molar-refractivity contribution is 1.18. The highest BCUT2D eigenvalue weighted by atomic mass is 32.1. The summed E-state index contributed by atoms with van der Waals surface area (Å²) in [5.41, 5.74) is 14.0. The van der Waals surface area contributed by atoms with Gasteiger partial charge in [0.15, 0.2) is 0 Å². The largest absolute Gasteiger partial charge is 0.310 e. The van der Waals surface area contributed by atoms with Crippen molar-refractivity contribution in [2.75, 3.05) is 4.90 Å². The average Bonchev–Trinajstić information content (AvgIpc) is 3.81. The van der Waals surface area contributed by atoms with Crippen molar-refractivity contribution >= 4 is 82.5 Å². The summed E-state index contributed by atoms with van der Waals surface area (Å²) in [5, 5.41) is 5.00. The lowest BCUT2D eigenvalue weighted by Gasteiger charge is -2.25. The first kappa shape index (κ1) is 33.6. The Balaban J connectivity index is 1.45. The van der Waals surface area contributed by atoms with E-state index in [-0.39, 0.29) is 0 Å². The topological polar surface area (TPSA) is 8.17 Å². The molecule has 0 N–H and O–H groups in total. The van der Waals surface area contributed by atoms with Gasteiger partial charge in [0.2, 0.25) is 0 Å². The Bertz CT molecular complexity index is 3030. The molecule has 0 bridgehead atoms. The Morgan fingerprint density at radius 2 is 1.09 bits per heavy atom. The van der Waals surface area contributed by atoms with Crippen LogP contribution < -0.4 is 4.90 Å². The van der Waals surface area contributed by atoms with Gasteiger partial charge in [-0.2, -0.15) is 0 Å². The molecule has 0 spiro atoms. The molecule has 2 heterocycles. The van der Waals surface area contributed by atoms with Gasteiger partial charge in [-0.1, -0.05) is 158 Å². The van der Waals surface area contributed by atoms with Crippen LogP contribution in [0.4, 0.5) is 17.1 Å². The van der Waals surface area contributed by atoms with Crippen molar-refractivity contribution in [3.63, 3.8) is 0 Å². The van der Waals surface area contributed by atoms with Crippen LogP contribution in [-0.4, -0.2) is 4.57 Å². The normalized spacial score (nSPS) is 11.7. The maximum Gasteiger partial charge on any atom is 0.0633 e. The van der Waals surface area contributed by atoms with Crippen LogP contribution in [-0.2, 0) is 0 Å². The zero-order valence-electron chi connectivity index (χ0n) is 31.1. The van der Waals surface area contributed by atoms with Gasteiger partial charge in [-0.15, -0.1) is 11.3 Å². The van der Waals surface area contributed by atoms with E-state index >= 15 is 0 Å². The van der Waals surface area contributed by atoms with Gasteiger partial charge in [0.05, 0.1) is 11.0 Å². The van der Waals surface area contributed by atoms with Crippen LogP contribution in [0.25, 0.3) is 82.1 Å². The number of hydrogen-bond donors (Lipinski definition) is 0. The molecule has 2 nitrogen and oxygen atoms in total. The third kappa shape index (κ3) is 5.39.